The fraction of sp³-hybridized carbons (Fsp3) is 0.471. The molecule has 0 N–H and O–H groups in total. The number of nitrogens with zero attached hydrogens (tertiary/aromatic N) is 1. The molecule has 0 spiro atoms. The zero-order valence-electron chi connectivity index (χ0n) is 13.0. The summed E-state index contributed by atoms with van der Waals surface area (Å²) in [5, 5.41) is 0. The van der Waals surface area contributed by atoms with E-state index in [-0.39, 0.29) is 0 Å². The van der Waals surface area contributed by atoms with Crippen molar-refractivity contribution < 1.29 is 9.15 Å². The maximum Gasteiger partial charge on any atom is 0.399 e. The van der Waals surface area contributed by atoms with Crippen LogP contribution in [0.3, 0.4) is 0 Å². The van der Waals surface area contributed by atoms with Crippen molar-refractivity contribution >= 4 is 0 Å². The van der Waals surface area contributed by atoms with E-state index in [9.17, 15) is 0 Å². The number of oxazole rings is 1. The van der Waals surface area contributed by atoms with Gasteiger partial charge in [-0.15, -0.1) is 0 Å². The van der Waals surface area contributed by atoms with E-state index >= 15 is 0 Å². The van der Waals surface area contributed by atoms with Crippen LogP contribution >= 0.6 is 0 Å². The van der Waals surface area contributed by atoms with E-state index in [2.05, 4.69) is 39.6 Å². The average molecular weight is 273 g/mol. The zero-order chi connectivity index (χ0) is 14.7. The summed E-state index contributed by atoms with van der Waals surface area (Å²) in [4.78, 5) is 4.07. The van der Waals surface area contributed by atoms with Gasteiger partial charge in [0.05, 0.1) is 6.20 Å². The van der Waals surface area contributed by atoms with Crippen LogP contribution in [0.5, 0.6) is 11.8 Å². The molecule has 0 fully saturated rings. The van der Waals surface area contributed by atoms with Crippen LogP contribution < -0.4 is 4.74 Å². The van der Waals surface area contributed by atoms with Gasteiger partial charge in [0.1, 0.15) is 12.0 Å². The fourth-order valence-electron chi connectivity index (χ4n) is 2.50. The first-order valence-corrected chi connectivity index (χ1v) is 7.22. The Morgan fingerprint density at radius 3 is 2.35 bits per heavy atom. The van der Waals surface area contributed by atoms with Crippen molar-refractivity contribution in [1.82, 2.24) is 4.98 Å². The number of hydrogen-bond acceptors (Lipinski definition) is 3. The molecule has 108 valence electrons. The van der Waals surface area contributed by atoms with Crippen LogP contribution in [0, 0.1) is 27.7 Å². The van der Waals surface area contributed by atoms with Crippen molar-refractivity contribution in [3.8, 4) is 11.8 Å². The van der Waals surface area contributed by atoms with Gasteiger partial charge in [0.15, 0.2) is 0 Å². The second-order valence-electron chi connectivity index (χ2n) is 5.31. The highest BCUT2D eigenvalue weighted by molar-refractivity contribution is 5.54. The van der Waals surface area contributed by atoms with Gasteiger partial charge in [-0.1, -0.05) is 13.3 Å². The highest BCUT2D eigenvalue weighted by Gasteiger charge is 2.17. The molecule has 0 saturated carbocycles. The van der Waals surface area contributed by atoms with Gasteiger partial charge in [0.25, 0.3) is 0 Å². The molecule has 2 aromatic rings. The second kappa shape index (κ2) is 6.12. The van der Waals surface area contributed by atoms with Gasteiger partial charge in [0, 0.05) is 0 Å². The molecule has 1 aromatic carbocycles. The Balaban J connectivity index is 2.50. The molecule has 20 heavy (non-hydrogen) atoms. The molecule has 0 saturated heterocycles. The maximum absolute atomic E-state index is 5.92. The molecule has 3 nitrogen and oxygen atoms in total. The number of hydrogen-bond donors (Lipinski definition) is 0. The predicted octanol–water partition coefficient (Wildman–Crippen LogP) is 5.04. The lowest BCUT2D eigenvalue weighted by molar-refractivity contribution is 0.326. The van der Waals surface area contributed by atoms with E-state index in [0.717, 1.165) is 18.6 Å². The zero-order valence-corrected chi connectivity index (χ0v) is 13.0. The molecule has 0 bridgehead atoms. The van der Waals surface area contributed by atoms with E-state index in [1.165, 1.54) is 40.5 Å². The molecular weight excluding hydrogens is 250 g/mol. The van der Waals surface area contributed by atoms with Crippen LogP contribution in [0.4, 0.5) is 0 Å². The summed E-state index contributed by atoms with van der Waals surface area (Å²) < 4.78 is 11.1. The number of rotatable bonds is 5. The van der Waals surface area contributed by atoms with Crippen LogP contribution in [0.1, 0.15) is 47.6 Å². The molecule has 1 heterocycles. The van der Waals surface area contributed by atoms with Crippen molar-refractivity contribution in [2.24, 2.45) is 0 Å². The highest BCUT2D eigenvalue weighted by atomic mass is 16.6. The van der Waals surface area contributed by atoms with Gasteiger partial charge in [-0.2, -0.15) is 4.98 Å². The first-order valence-electron chi connectivity index (χ1n) is 7.22. The van der Waals surface area contributed by atoms with Crippen LogP contribution in [0.25, 0.3) is 0 Å². The smallest absolute Gasteiger partial charge is 0.399 e. The fourth-order valence-corrected chi connectivity index (χ4v) is 2.50. The van der Waals surface area contributed by atoms with Crippen LogP contribution in [0.2, 0.25) is 0 Å². The van der Waals surface area contributed by atoms with E-state index < -0.39 is 0 Å². The Bertz CT molecular complexity index is 586. The molecule has 0 unspecified atom stereocenters. The number of aromatic nitrogens is 1. The third-order valence-corrected chi connectivity index (χ3v) is 4.13. The minimum atomic E-state index is 0.313. The van der Waals surface area contributed by atoms with E-state index in [0.29, 0.717) is 6.08 Å². The van der Waals surface area contributed by atoms with E-state index in [4.69, 9.17) is 9.15 Å². The third kappa shape index (κ3) is 2.72. The first-order chi connectivity index (χ1) is 9.56. The van der Waals surface area contributed by atoms with Crippen LogP contribution in [-0.2, 0) is 6.42 Å². The Morgan fingerprint density at radius 2 is 1.75 bits per heavy atom. The summed E-state index contributed by atoms with van der Waals surface area (Å²) >= 11 is 0. The maximum atomic E-state index is 5.92. The van der Waals surface area contributed by atoms with Gasteiger partial charge in [0.2, 0.25) is 0 Å². The summed E-state index contributed by atoms with van der Waals surface area (Å²) in [6, 6.07) is 0. The largest absolute Gasteiger partial charge is 0.417 e. The number of ether oxygens (including phenoxy) is 1. The lowest BCUT2D eigenvalue weighted by Gasteiger charge is -2.19. The average Bonchev–Trinajstić information content (AvgIpc) is 2.95. The third-order valence-electron chi connectivity index (χ3n) is 4.13. The summed E-state index contributed by atoms with van der Waals surface area (Å²) in [5.41, 5.74) is 6.42. The quantitative estimate of drug-likeness (QED) is 0.765. The highest BCUT2D eigenvalue weighted by Crippen LogP contribution is 2.36. The lowest BCUT2D eigenvalue weighted by atomic mass is 9.91. The van der Waals surface area contributed by atoms with Crippen molar-refractivity contribution in [1.29, 1.82) is 0 Å². The predicted molar refractivity (Wildman–Crippen MR) is 80.6 cm³/mol. The standard InChI is InChI=1S/C17H23NO2/c1-6-7-8-15-13(4)11(2)12(3)14(5)16(15)20-17-18-9-10-19-17/h9-10H,6-8H2,1-5H3. The van der Waals surface area contributed by atoms with Gasteiger partial charge >= 0.3 is 6.08 Å². The molecule has 0 radical (unpaired) electrons. The minimum Gasteiger partial charge on any atom is -0.417 e. The van der Waals surface area contributed by atoms with Gasteiger partial charge in [-0.3, -0.25) is 0 Å². The molecule has 0 aliphatic heterocycles. The minimum absolute atomic E-state index is 0.313. The Labute approximate surface area is 121 Å². The van der Waals surface area contributed by atoms with Crippen LogP contribution in [-0.4, -0.2) is 4.98 Å². The number of benzene rings is 1. The molecule has 0 amide bonds. The number of unbranched alkanes of at least 4 members (excludes halogenated alkanes) is 1. The van der Waals surface area contributed by atoms with Gasteiger partial charge < -0.3 is 9.15 Å². The normalized spacial score (nSPS) is 10.8. The van der Waals surface area contributed by atoms with Crippen molar-refractivity contribution in [3.63, 3.8) is 0 Å². The van der Waals surface area contributed by atoms with Crippen molar-refractivity contribution in [3.05, 3.63) is 40.3 Å². The molecule has 3 heteroatoms. The Hall–Kier alpha value is -1.77. The summed E-state index contributed by atoms with van der Waals surface area (Å²) in [6.45, 7) is 10.8. The van der Waals surface area contributed by atoms with Crippen molar-refractivity contribution in [2.75, 3.05) is 0 Å². The Kier molecular flexibility index (Phi) is 4.48. The molecule has 0 aliphatic rings. The van der Waals surface area contributed by atoms with E-state index in [1.807, 2.05) is 0 Å². The van der Waals surface area contributed by atoms with E-state index in [1.54, 1.807) is 6.20 Å². The van der Waals surface area contributed by atoms with Crippen LogP contribution in [0.15, 0.2) is 16.9 Å². The first kappa shape index (κ1) is 14.6. The molecule has 2 rings (SSSR count). The molecule has 0 atom stereocenters. The summed E-state index contributed by atoms with van der Waals surface area (Å²) in [5.74, 6) is 0.918. The van der Waals surface area contributed by atoms with Gasteiger partial charge in [-0.25, -0.2) is 0 Å². The SMILES string of the molecule is CCCCc1c(C)c(C)c(C)c(C)c1Oc1ncco1. The second-order valence-corrected chi connectivity index (χ2v) is 5.31. The van der Waals surface area contributed by atoms with Gasteiger partial charge in [-0.05, 0) is 68.4 Å². The lowest BCUT2D eigenvalue weighted by Crippen LogP contribution is -2.03. The monoisotopic (exact) mass is 273 g/mol. The molecule has 1 aromatic heterocycles. The van der Waals surface area contributed by atoms with Crippen molar-refractivity contribution in [2.45, 2.75) is 53.9 Å². The summed E-state index contributed by atoms with van der Waals surface area (Å²) in [7, 11) is 0. The molecular formula is C17H23NO2. The molecule has 0 aliphatic carbocycles. The Morgan fingerprint density at radius 1 is 1.05 bits per heavy atom. The summed E-state index contributed by atoms with van der Waals surface area (Å²) in [6.07, 6.45) is 6.80. The topological polar surface area (TPSA) is 35.3 Å².